The van der Waals surface area contributed by atoms with Crippen LogP contribution in [0.25, 0.3) is 0 Å². The summed E-state index contributed by atoms with van der Waals surface area (Å²) in [7, 11) is 0. The molecule has 0 radical (unpaired) electrons. The van der Waals surface area contributed by atoms with Crippen molar-refractivity contribution in [1.82, 2.24) is 0 Å². The molecule has 42 valence electrons. The fraction of sp³-hybridized carbons (Fsp3) is 0.833. The number of alkyl halides is 1. The van der Waals surface area contributed by atoms with Gasteiger partial charge in [-0.15, -0.1) is 11.6 Å². The van der Waals surface area contributed by atoms with Gasteiger partial charge in [0.25, 0.3) is 0 Å². The van der Waals surface area contributed by atoms with Crippen molar-refractivity contribution in [3.63, 3.8) is 0 Å². The molecule has 1 unspecified atom stereocenters. The van der Waals surface area contributed by atoms with Crippen LogP contribution < -0.4 is 0 Å². The van der Waals surface area contributed by atoms with Gasteiger partial charge < -0.3 is 0 Å². The molecule has 0 spiro atoms. The van der Waals surface area contributed by atoms with Crippen LogP contribution in [0.4, 0.5) is 0 Å². The van der Waals surface area contributed by atoms with Crippen molar-refractivity contribution in [3.8, 4) is 0 Å². The van der Waals surface area contributed by atoms with E-state index < -0.39 is 0 Å². The Bertz CT molecular complexity index is 33.2. The first kappa shape index (κ1) is 7.16. The summed E-state index contributed by atoms with van der Waals surface area (Å²) in [6.45, 7) is 4.07. The van der Waals surface area contributed by atoms with E-state index >= 15 is 0 Å². The van der Waals surface area contributed by atoms with Crippen LogP contribution in [0, 0.1) is 6.42 Å². The molecule has 0 aliphatic rings. The topological polar surface area (TPSA) is 0 Å². The van der Waals surface area contributed by atoms with E-state index in [4.69, 9.17) is 11.6 Å². The lowest BCUT2D eigenvalue weighted by atomic mass is 10.2. The smallest absolute Gasteiger partial charge is 0.0886 e. The quantitative estimate of drug-likeness (QED) is 0.396. The Morgan fingerprint density at radius 1 is 1.71 bits per heavy atom. The normalized spacial score (nSPS) is 13.6. The van der Waals surface area contributed by atoms with Crippen molar-refractivity contribution < 1.29 is 0 Å². The lowest BCUT2D eigenvalue weighted by Gasteiger charge is -1.91. The minimum Gasteiger partial charge on any atom is -0.123 e. The Labute approximate surface area is 50.9 Å². The van der Waals surface area contributed by atoms with Gasteiger partial charge >= 0.3 is 0 Å². The van der Waals surface area contributed by atoms with Crippen molar-refractivity contribution in [3.05, 3.63) is 6.42 Å². The van der Waals surface area contributed by atoms with Crippen LogP contribution in [0.15, 0.2) is 0 Å². The fourth-order valence-corrected chi connectivity index (χ4v) is 0.522. The maximum atomic E-state index is 5.64. The van der Waals surface area contributed by atoms with Crippen molar-refractivity contribution >= 4 is 11.6 Å². The van der Waals surface area contributed by atoms with Crippen molar-refractivity contribution in [2.75, 3.05) is 0 Å². The Kier molecular flexibility index (Phi) is 4.42. The Morgan fingerprint density at radius 3 is 2.43 bits per heavy atom. The first-order valence-electron chi connectivity index (χ1n) is 2.69. The molecule has 0 aliphatic heterocycles. The summed E-state index contributed by atoms with van der Waals surface area (Å²) >= 11 is 5.64. The molecule has 0 saturated heterocycles. The van der Waals surface area contributed by atoms with Gasteiger partial charge in [0.05, 0.1) is 19.8 Å². The monoisotopic (exact) mass is 119 g/mol. The molecule has 0 fully saturated rings. The van der Waals surface area contributed by atoms with Gasteiger partial charge in [-0.2, -0.15) is 0 Å². The minimum atomic E-state index is 0.344. The van der Waals surface area contributed by atoms with Crippen molar-refractivity contribution in [2.45, 2.75) is 32.1 Å². The third-order valence-corrected chi connectivity index (χ3v) is 1.07. The summed E-state index contributed by atoms with van der Waals surface area (Å²) in [6, 6.07) is 0. The van der Waals surface area contributed by atoms with Gasteiger partial charge in [-0.1, -0.05) is 0 Å². The highest BCUT2D eigenvalue weighted by Gasteiger charge is 1.96. The zero-order valence-electron chi connectivity index (χ0n) is 4.95. The SMILES string of the molecule is C[CH+]CCC(C)Cl. The van der Waals surface area contributed by atoms with E-state index in [9.17, 15) is 0 Å². The molecule has 7 heavy (non-hydrogen) atoms. The van der Waals surface area contributed by atoms with Crippen LogP contribution in [-0.4, -0.2) is 5.38 Å². The molecule has 0 bridgehead atoms. The summed E-state index contributed by atoms with van der Waals surface area (Å²) in [4.78, 5) is 0. The lowest BCUT2D eigenvalue weighted by Crippen LogP contribution is -1.88. The summed E-state index contributed by atoms with van der Waals surface area (Å²) < 4.78 is 0. The molecule has 0 N–H and O–H groups in total. The molecule has 0 nitrogen and oxygen atoms in total. The number of halogens is 1. The summed E-state index contributed by atoms with van der Waals surface area (Å²) in [5, 5.41) is 0.344. The second kappa shape index (κ2) is 4.32. The van der Waals surface area contributed by atoms with Crippen LogP contribution in [0.3, 0.4) is 0 Å². The maximum Gasteiger partial charge on any atom is 0.0886 e. The molecule has 0 rings (SSSR count). The third-order valence-electron chi connectivity index (χ3n) is 0.853. The van der Waals surface area contributed by atoms with E-state index in [0.717, 1.165) is 12.8 Å². The molecule has 0 aromatic carbocycles. The number of hydrogen-bond acceptors (Lipinski definition) is 0. The van der Waals surface area contributed by atoms with Crippen LogP contribution in [0.5, 0.6) is 0 Å². The first-order valence-corrected chi connectivity index (χ1v) is 3.13. The molecule has 0 heterocycles. The van der Waals surface area contributed by atoms with E-state index in [1.807, 2.05) is 6.92 Å². The van der Waals surface area contributed by atoms with Crippen LogP contribution in [0.1, 0.15) is 26.7 Å². The van der Waals surface area contributed by atoms with Gasteiger partial charge in [0, 0.05) is 11.8 Å². The lowest BCUT2D eigenvalue weighted by molar-refractivity contribution is 0.791. The van der Waals surface area contributed by atoms with Gasteiger partial charge in [0.15, 0.2) is 0 Å². The zero-order valence-corrected chi connectivity index (χ0v) is 5.70. The van der Waals surface area contributed by atoms with Crippen molar-refractivity contribution in [2.24, 2.45) is 0 Å². The highest BCUT2D eigenvalue weighted by molar-refractivity contribution is 6.20. The molecular formula is C6H12Cl+. The van der Waals surface area contributed by atoms with Gasteiger partial charge in [0.1, 0.15) is 0 Å². The number of hydrogen-bond donors (Lipinski definition) is 0. The molecule has 0 aromatic rings. The fourth-order valence-electron chi connectivity index (χ4n) is 0.396. The Morgan fingerprint density at radius 2 is 2.29 bits per heavy atom. The zero-order chi connectivity index (χ0) is 5.70. The van der Waals surface area contributed by atoms with Crippen LogP contribution in [-0.2, 0) is 0 Å². The molecule has 0 aliphatic carbocycles. The predicted octanol–water partition coefficient (Wildman–Crippen LogP) is 2.62. The summed E-state index contributed by atoms with van der Waals surface area (Å²) in [5.74, 6) is 0. The average molecular weight is 120 g/mol. The number of unbranched alkanes of at least 4 members (excludes halogenated alkanes) is 1. The van der Waals surface area contributed by atoms with Gasteiger partial charge in [-0.05, 0) is 6.92 Å². The molecule has 1 atom stereocenters. The van der Waals surface area contributed by atoms with Gasteiger partial charge in [0.2, 0.25) is 0 Å². The third kappa shape index (κ3) is 6.16. The molecule has 1 heteroatoms. The Hall–Kier alpha value is 0.160. The highest BCUT2D eigenvalue weighted by Crippen LogP contribution is 2.03. The average Bonchev–Trinajstić information content (AvgIpc) is 1.61. The first-order chi connectivity index (χ1) is 3.27. The molecular weight excluding hydrogens is 108 g/mol. The second-order valence-corrected chi connectivity index (χ2v) is 2.51. The van der Waals surface area contributed by atoms with Crippen LogP contribution in [0.2, 0.25) is 0 Å². The molecule has 0 amide bonds. The highest BCUT2D eigenvalue weighted by atomic mass is 35.5. The van der Waals surface area contributed by atoms with E-state index in [1.165, 1.54) is 0 Å². The van der Waals surface area contributed by atoms with E-state index in [-0.39, 0.29) is 0 Å². The largest absolute Gasteiger partial charge is 0.123 e. The number of rotatable bonds is 3. The second-order valence-electron chi connectivity index (χ2n) is 1.77. The maximum absolute atomic E-state index is 5.64. The minimum absolute atomic E-state index is 0.344. The van der Waals surface area contributed by atoms with Crippen LogP contribution >= 0.6 is 11.6 Å². The predicted molar refractivity (Wildman–Crippen MR) is 34.5 cm³/mol. The van der Waals surface area contributed by atoms with E-state index in [2.05, 4.69) is 13.3 Å². The summed E-state index contributed by atoms with van der Waals surface area (Å²) in [5.41, 5.74) is 0. The standard InChI is InChI=1S/C6H12Cl/c1-3-4-5-6(2)7/h3,6H,4-5H2,1-2H3/q+1. The molecule has 0 aromatic heterocycles. The van der Waals surface area contributed by atoms with E-state index in [0.29, 0.717) is 5.38 Å². The molecule has 0 saturated carbocycles. The van der Waals surface area contributed by atoms with Gasteiger partial charge in [-0.25, -0.2) is 0 Å². The van der Waals surface area contributed by atoms with Crippen molar-refractivity contribution in [1.29, 1.82) is 0 Å². The van der Waals surface area contributed by atoms with Gasteiger partial charge in [-0.3, -0.25) is 0 Å². The Balaban J connectivity index is 2.68. The summed E-state index contributed by atoms with van der Waals surface area (Å²) in [6.07, 6.45) is 4.39. The van der Waals surface area contributed by atoms with E-state index in [1.54, 1.807) is 0 Å².